The van der Waals surface area contributed by atoms with E-state index in [9.17, 15) is 9.90 Å². The van der Waals surface area contributed by atoms with Gasteiger partial charge in [-0.1, -0.05) is 6.07 Å². The Morgan fingerprint density at radius 1 is 1.43 bits per heavy atom. The van der Waals surface area contributed by atoms with Crippen LogP contribution in [-0.4, -0.2) is 52.4 Å². The Labute approximate surface area is 184 Å². The number of halogens is 1. The minimum Gasteiger partial charge on any atom is -0.484 e. The molecule has 1 aliphatic rings. The third-order valence-corrected chi connectivity index (χ3v) is 5.45. The largest absolute Gasteiger partial charge is 0.484 e. The standard InChI is InChI=1S/C21H28BrN3O5/c1-21(2,3)30-20(27)24-8-15(26)11-25-7-6-17-14(10-25)4-5-18(19(17)22)28-12-16-9-23-13-29-16/h4-5,9,13,15,26H,6-8,10-12H2,1-3H3,(H,24,27). The number of hydrogen-bond donors (Lipinski definition) is 2. The van der Waals surface area contributed by atoms with E-state index in [-0.39, 0.29) is 6.54 Å². The van der Waals surface area contributed by atoms with Gasteiger partial charge in [-0.25, -0.2) is 9.78 Å². The summed E-state index contributed by atoms with van der Waals surface area (Å²) in [6.45, 7) is 7.87. The number of alkyl carbamates (subject to hydrolysis) is 1. The molecule has 1 unspecified atom stereocenters. The van der Waals surface area contributed by atoms with E-state index in [1.807, 2.05) is 12.1 Å². The maximum Gasteiger partial charge on any atom is 0.407 e. The minimum absolute atomic E-state index is 0.149. The first kappa shape index (κ1) is 22.6. The molecule has 9 heteroatoms. The Balaban J connectivity index is 1.50. The van der Waals surface area contributed by atoms with Crippen LogP contribution in [0.3, 0.4) is 0 Å². The number of rotatable bonds is 7. The number of amides is 1. The molecule has 1 aliphatic heterocycles. The van der Waals surface area contributed by atoms with E-state index in [1.54, 1.807) is 27.0 Å². The average Bonchev–Trinajstić information content (AvgIpc) is 3.18. The quantitative estimate of drug-likeness (QED) is 0.626. The second-order valence-electron chi connectivity index (χ2n) is 8.29. The molecule has 0 saturated heterocycles. The molecule has 0 aliphatic carbocycles. The molecular formula is C21H28BrN3O5. The SMILES string of the molecule is CC(C)(C)OC(=O)NCC(O)CN1CCc2c(ccc(OCc3cnco3)c2Br)C1. The molecule has 1 atom stereocenters. The molecule has 0 spiro atoms. The molecule has 1 aromatic heterocycles. The second-order valence-corrected chi connectivity index (χ2v) is 9.09. The van der Waals surface area contributed by atoms with Gasteiger partial charge in [-0.15, -0.1) is 0 Å². The number of aliphatic hydroxyl groups is 1. The first-order chi connectivity index (χ1) is 14.2. The Bertz CT molecular complexity index is 851. The van der Waals surface area contributed by atoms with E-state index in [2.05, 4.69) is 31.1 Å². The number of hydrogen-bond acceptors (Lipinski definition) is 7. The molecule has 1 amide bonds. The van der Waals surface area contributed by atoms with Gasteiger partial charge in [-0.3, -0.25) is 4.90 Å². The van der Waals surface area contributed by atoms with Gasteiger partial charge in [0.25, 0.3) is 0 Å². The minimum atomic E-state index is -0.674. The monoisotopic (exact) mass is 481 g/mol. The van der Waals surface area contributed by atoms with Crippen molar-refractivity contribution in [3.05, 3.63) is 46.1 Å². The lowest BCUT2D eigenvalue weighted by molar-refractivity contribution is 0.0464. The van der Waals surface area contributed by atoms with E-state index >= 15 is 0 Å². The van der Waals surface area contributed by atoms with Crippen LogP contribution in [0.25, 0.3) is 0 Å². The molecule has 0 saturated carbocycles. The molecule has 8 nitrogen and oxygen atoms in total. The smallest absolute Gasteiger partial charge is 0.407 e. The fourth-order valence-electron chi connectivity index (χ4n) is 3.26. The maximum atomic E-state index is 11.7. The summed E-state index contributed by atoms with van der Waals surface area (Å²) in [7, 11) is 0. The van der Waals surface area contributed by atoms with E-state index < -0.39 is 17.8 Å². The molecule has 0 radical (unpaired) electrons. The first-order valence-corrected chi connectivity index (χ1v) is 10.7. The Morgan fingerprint density at radius 2 is 2.23 bits per heavy atom. The number of nitrogens with zero attached hydrogens (tertiary/aromatic N) is 2. The number of fused-ring (bicyclic) bond motifs is 1. The molecule has 2 N–H and O–H groups in total. The highest BCUT2D eigenvalue weighted by atomic mass is 79.9. The number of ether oxygens (including phenoxy) is 2. The fraction of sp³-hybridized carbons (Fsp3) is 0.524. The van der Waals surface area contributed by atoms with Crippen LogP contribution in [-0.2, 0) is 24.3 Å². The molecule has 2 aromatic rings. The normalized spacial score (nSPS) is 15.4. The van der Waals surface area contributed by atoms with Crippen LogP contribution < -0.4 is 10.1 Å². The van der Waals surface area contributed by atoms with Crippen molar-refractivity contribution in [2.24, 2.45) is 0 Å². The van der Waals surface area contributed by atoms with Gasteiger partial charge < -0.3 is 24.3 Å². The highest BCUT2D eigenvalue weighted by molar-refractivity contribution is 9.10. The summed E-state index contributed by atoms with van der Waals surface area (Å²) in [5, 5.41) is 12.9. The van der Waals surface area contributed by atoms with Crippen LogP contribution in [0, 0.1) is 0 Å². The van der Waals surface area contributed by atoms with Gasteiger partial charge in [0.05, 0.1) is 16.8 Å². The summed E-state index contributed by atoms with van der Waals surface area (Å²) in [5.41, 5.74) is 1.84. The number of aliphatic hydroxyl groups excluding tert-OH is 1. The lowest BCUT2D eigenvalue weighted by Gasteiger charge is -2.31. The summed E-state index contributed by atoms with van der Waals surface area (Å²) < 4.78 is 17.2. The summed E-state index contributed by atoms with van der Waals surface area (Å²) in [5.74, 6) is 1.43. The van der Waals surface area contributed by atoms with Crippen molar-refractivity contribution in [2.75, 3.05) is 19.6 Å². The number of carbonyl (C=O) groups is 1. The highest BCUT2D eigenvalue weighted by Crippen LogP contribution is 2.34. The third kappa shape index (κ3) is 6.45. The number of oxazole rings is 1. The molecule has 164 valence electrons. The predicted octanol–water partition coefficient (Wildman–Crippen LogP) is 3.26. The predicted molar refractivity (Wildman–Crippen MR) is 114 cm³/mol. The van der Waals surface area contributed by atoms with Gasteiger partial charge in [0.15, 0.2) is 12.2 Å². The number of aromatic nitrogens is 1. The molecule has 30 heavy (non-hydrogen) atoms. The number of nitrogens with one attached hydrogen (secondary N) is 1. The average molecular weight is 482 g/mol. The molecule has 3 rings (SSSR count). The molecule has 1 aromatic carbocycles. The number of carbonyl (C=O) groups excluding carboxylic acids is 1. The topological polar surface area (TPSA) is 97.1 Å². The van der Waals surface area contributed by atoms with Crippen LogP contribution in [0.1, 0.15) is 37.7 Å². The number of benzene rings is 1. The van der Waals surface area contributed by atoms with E-state index in [0.717, 1.165) is 29.7 Å². The van der Waals surface area contributed by atoms with Gasteiger partial charge in [0.1, 0.15) is 18.0 Å². The Kier molecular flexibility index (Phi) is 7.38. The molecular weight excluding hydrogens is 454 g/mol. The summed E-state index contributed by atoms with van der Waals surface area (Å²) in [4.78, 5) is 17.8. The Morgan fingerprint density at radius 3 is 2.93 bits per heavy atom. The first-order valence-electron chi connectivity index (χ1n) is 9.89. The third-order valence-electron chi connectivity index (χ3n) is 4.58. The van der Waals surface area contributed by atoms with Crippen molar-refractivity contribution in [3.8, 4) is 5.75 Å². The Hall–Kier alpha value is -2.10. The number of β-amino-alcohol motifs (C(OH)–C–C–N with tert-alkyl or cyclic N) is 1. The summed E-state index contributed by atoms with van der Waals surface area (Å²) in [6, 6.07) is 3.98. The van der Waals surface area contributed by atoms with Crippen molar-refractivity contribution < 1.29 is 23.8 Å². The lowest BCUT2D eigenvalue weighted by Crippen LogP contribution is -2.43. The lowest BCUT2D eigenvalue weighted by atomic mass is 9.99. The van der Waals surface area contributed by atoms with Gasteiger partial charge in [-0.2, -0.15) is 0 Å². The maximum absolute atomic E-state index is 11.7. The van der Waals surface area contributed by atoms with Crippen molar-refractivity contribution >= 4 is 22.0 Å². The van der Waals surface area contributed by atoms with Crippen molar-refractivity contribution in [1.29, 1.82) is 0 Å². The molecule has 0 bridgehead atoms. The molecule has 0 fully saturated rings. The zero-order chi connectivity index (χ0) is 21.7. The van der Waals surface area contributed by atoms with E-state index in [1.165, 1.54) is 17.5 Å². The second kappa shape index (κ2) is 9.80. The van der Waals surface area contributed by atoms with Gasteiger partial charge in [-0.05, 0) is 60.3 Å². The van der Waals surface area contributed by atoms with E-state index in [4.69, 9.17) is 13.9 Å². The van der Waals surface area contributed by atoms with Gasteiger partial charge in [0.2, 0.25) is 0 Å². The van der Waals surface area contributed by atoms with Gasteiger partial charge >= 0.3 is 6.09 Å². The van der Waals surface area contributed by atoms with Crippen LogP contribution in [0.15, 0.2) is 33.6 Å². The highest BCUT2D eigenvalue weighted by Gasteiger charge is 2.23. The summed E-state index contributed by atoms with van der Waals surface area (Å²) in [6.07, 6.45) is 2.65. The van der Waals surface area contributed by atoms with Crippen LogP contribution in [0.2, 0.25) is 0 Å². The van der Waals surface area contributed by atoms with Crippen molar-refractivity contribution in [2.45, 2.75) is 52.0 Å². The van der Waals surface area contributed by atoms with E-state index in [0.29, 0.717) is 18.9 Å². The van der Waals surface area contributed by atoms with Crippen LogP contribution >= 0.6 is 15.9 Å². The molecule has 2 heterocycles. The van der Waals surface area contributed by atoms with Crippen LogP contribution in [0.5, 0.6) is 5.75 Å². The zero-order valence-corrected chi connectivity index (χ0v) is 19.1. The van der Waals surface area contributed by atoms with Crippen molar-refractivity contribution in [3.63, 3.8) is 0 Å². The zero-order valence-electron chi connectivity index (χ0n) is 17.5. The summed E-state index contributed by atoms with van der Waals surface area (Å²) >= 11 is 3.67. The fourth-order valence-corrected chi connectivity index (χ4v) is 3.96. The van der Waals surface area contributed by atoms with Crippen molar-refractivity contribution in [1.82, 2.24) is 15.2 Å². The van der Waals surface area contributed by atoms with Crippen LogP contribution in [0.4, 0.5) is 4.79 Å². The van der Waals surface area contributed by atoms with Gasteiger partial charge in [0, 0.05) is 26.2 Å².